The summed E-state index contributed by atoms with van der Waals surface area (Å²) in [6.45, 7) is 17.5. The van der Waals surface area contributed by atoms with Crippen LogP contribution in [0.2, 0.25) is 0 Å². The minimum absolute atomic E-state index is 0.145. The van der Waals surface area contributed by atoms with E-state index in [4.69, 9.17) is 4.74 Å². The lowest BCUT2D eigenvalue weighted by Crippen LogP contribution is -2.53. The molecule has 0 aliphatic rings. The summed E-state index contributed by atoms with van der Waals surface area (Å²) in [6.07, 6.45) is 4.74. The number of nitrogens with zero attached hydrogens (tertiary/aromatic N) is 1. The van der Waals surface area contributed by atoms with Gasteiger partial charge in [-0.1, -0.05) is 84.0 Å². The minimum atomic E-state index is -0.674. The average molecular weight is 487 g/mol. The Labute approximate surface area is 212 Å². The summed E-state index contributed by atoms with van der Waals surface area (Å²) < 4.78 is 5.74. The van der Waals surface area contributed by atoms with Crippen LogP contribution in [0.1, 0.15) is 80.7 Å². The maximum absolute atomic E-state index is 13.6. The van der Waals surface area contributed by atoms with Crippen LogP contribution >= 0.6 is 0 Å². The molecule has 0 aliphatic carbocycles. The molecule has 0 aliphatic heterocycles. The van der Waals surface area contributed by atoms with Gasteiger partial charge in [0, 0.05) is 12.5 Å². The van der Waals surface area contributed by atoms with Crippen LogP contribution in [0.25, 0.3) is 6.08 Å². The third-order valence-corrected chi connectivity index (χ3v) is 5.31. The lowest BCUT2D eigenvalue weighted by molar-refractivity contribution is -0.165. The number of amides is 2. The highest BCUT2D eigenvalue weighted by atomic mass is 16.6. The fraction of sp³-hybridized carbons (Fsp3) is 0.621. The number of carbonyl (C=O) groups is 3. The number of rotatable bonds is 11. The minimum Gasteiger partial charge on any atom is -0.460 e. The first-order valence-corrected chi connectivity index (χ1v) is 12.8. The third-order valence-electron chi connectivity index (χ3n) is 5.31. The molecule has 0 saturated heterocycles. The predicted molar refractivity (Wildman–Crippen MR) is 142 cm³/mol. The van der Waals surface area contributed by atoms with E-state index in [0.717, 1.165) is 5.56 Å². The average Bonchev–Trinajstić information content (AvgIpc) is 2.73. The lowest BCUT2D eigenvalue weighted by atomic mass is 9.82. The van der Waals surface area contributed by atoms with Crippen molar-refractivity contribution in [1.82, 2.24) is 10.4 Å². The highest BCUT2D eigenvalue weighted by Gasteiger charge is 2.37. The molecule has 1 aromatic rings. The summed E-state index contributed by atoms with van der Waals surface area (Å²) in [7, 11) is 0. The molecule has 196 valence electrons. The van der Waals surface area contributed by atoms with Gasteiger partial charge in [0.25, 0.3) is 0 Å². The zero-order valence-electron chi connectivity index (χ0n) is 23.1. The van der Waals surface area contributed by atoms with Gasteiger partial charge in [-0.2, -0.15) is 0 Å². The molecule has 35 heavy (non-hydrogen) atoms. The normalized spacial score (nSPS) is 13.8. The molecule has 0 radical (unpaired) electrons. The Balaban J connectivity index is 3.28. The molecule has 1 N–H and O–H groups in total. The van der Waals surface area contributed by atoms with E-state index in [2.05, 4.69) is 5.43 Å². The molecule has 2 amide bonds. The zero-order chi connectivity index (χ0) is 26.8. The fourth-order valence-electron chi connectivity index (χ4n) is 3.76. The van der Waals surface area contributed by atoms with E-state index in [1.807, 2.05) is 105 Å². The van der Waals surface area contributed by atoms with Gasteiger partial charge in [-0.3, -0.25) is 24.8 Å². The van der Waals surface area contributed by atoms with Crippen molar-refractivity contribution in [3.63, 3.8) is 0 Å². The van der Waals surface area contributed by atoms with Crippen molar-refractivity contribution in [2.75, 3.05) is 6.54 Å². The van der Waals surface area contributed by atoms with Crippen LogP contribution in [0.3, 0.4) is 0 Å². The van der Waals surface area contributed by atoms with Crippen molar-refractivity contribution in [2.45, 2.75) is 80.8 Å². The van der Waals surface area contributed by atoms with Gasteiger partial charge in [0.2, 0.25) is 11.8 Å². The summed E-state index contributed by atoms with van der Waals surface area (Å²) in [6, 6.07) is 9.83. The molecule has 0 spiro atoms. The quantitative estimate of drug-likeness (QED) is 0.313. The van der Waals surface area contributed by atoms with Crippen LogP contribution in [0.15, 0.2) is 36.4 Å². The summed E-state index contributed by atoms with van der Waals surface area (Å²) in [5.41, 5.74) is 3.20. The van der Waals surface area contributed by atoms with Gasteiger partial charge in [0.1, 0.15) is 5.60 Å². The third kappa shape index (κ3) is 11.6. The van der Waals surface area contributed by atoms with Crippen molar-refractivity contribution >= 4 is 23.9 Å². The summed E-state index contributed by atoms with van der Waals surface area (Å²) >= 11 is 0. The van der Waals surface area contributed by atoms with Gasteiger partial charge in [-0.15, -0.1) is 0 Å². The van der Waals surface area contributed by atoms with Crippen LogP contribution in [0, 0.1) is 29.6 Å². The Morgan fingerprint density at radius 1 is 0.943 bits per heavy atom. The van der Waals surface area contributed by atoms with Gasteiger partial charge in [0.05, 0.1) is 11.8 Å². The van der Waals surface area contributed by atoms with Crippen molar-refractivity contribution in [1.29, 1.82) is 0 Å². The Morgan fingerprint density at radius 2 is 1.54 bits per heavy atom. The summed E-state index contributed by atoms with van der Waals surface area (Å²) in [5.74, 6) is -2.09. The predicted octanol–water partition coefficient (Wildman–Crippen LogP) is 5.88. The number of nitrogens with one attached hydrogen (secondary N) is 1. The highest BCUT2D eigenvalue weighted by Crippen LogP contribution is 2.28. The maximum Gasteiger partial charge on any atom is 0.310 e. The van der Waals surface area contributed by atoms with E-state index >= 15 is 0 Å². The van der Waals surface area contributed by atoms with Crippen LogP contribution in [-0.4, -0.2) is 34.9 Å². The smallest absolute Gasteiger partial charge is 0.310 e. The molecule has 2 atom stereocenters. The molecule has 1 rings (SSSR count). The van der Waals surface area contributed by atoms with Gasteiger partial charge in [-0.05, 0) is 51.0 Å². The summed E-state index contributed by atoms with van der Waals surface area (Å²) in [4.78, 5) is 39.7. The SMILES string of the molecule is CC(C)C[C@H](C(=O)NN(CC(C)C)C(=O)C(C)C)[C@H](CC=Cc1ccccc1)C(=O)OC(C)(C)C. The molecule has 0 fully saturated rings. The molecule has 6 nitrogen and oxygen atoms in total. The molecule has 0 saturated carbocycles. The molecule has 0 bridgehead atoms. The fourth-order valence-corrected chi connectivity index (χ4v) is 3.76. The number of hydrogen-bond acceptors (Lipinski definition) is 4. The Kier molecular flexibility index (Phi) is 12.2. The Bertz CT molecular complexity index is 838. The second-order valence-electron chi connectivity index (χ2n) is 11.4. The van der Waals surface area contributed by atoms with Crippen LogP contribution in [0.4, 0.5) is 0 Å². The number of benzene rings is 1. The highest BCUT2D eigenvalue weighted by molar-refractivity contribution is 5.88. The van der Waals surface area contributed by atoms with Crippen molar-refractivity contribution in [3.05, 3.63) is 42.0 Å². The van der Waals surface area contributed by atoms with Crippen LogP contribution < -0.4 is 5.43 Å². The summed E-state index contributed by atoms with van der Waals surface area (Å²) in [5, 5.41) is 1.41. The number of carbonyl (C=O) groups excluding carboxylic acids is 3. The Morgan fingerprint density at radius 3 is 2.03 bits per heavy atom. The van der Waals surface area contributed by atoms with Crippen LogP contribution in [0.5, 0.6) is 0 Å². The van der Waals surface area contributed by atoms with E-state index in [0.29, 0.717) is 19.4 Å². The second-order valence-corrected chi connectivity index (χ2v) is 11.4. The van der Waals surface area contributed by atoms with Gasteiger partial charge in [-0.25, -0.2) is 0 Å². The standard InChI is InChI=1S/C29H46N2O4/c1-20(2)18-25(26(32)30-31(19-21(3)4)27(33)22(5)6)24(28(34)35-29(7,8)9)17-13-16-23-14-11-10-12-15-23/h10-16,20-22,24-25H,17-19H2,1-9H3,(H,30,32)/t24-,25-/m0/s1. The van der Waals surface area contributed by atoms with Crippen molar-refractivity contribution < 1.29 is 19.1 Å². The van der Waals surface area contributed by atoms with Crippen molar-refractivity contribution in [3.8, 4) is 0 Å². The number of hydrazine groups is 1. The molecule has 0 unspecified atom stereocenters. The molecule has 0 heterocycles. The van der Waals surface area contributed by atoms with E-state index < -0.39 is 23.4 Å². The lowest BCUT2D eigenvalue weighted by Gasteiger charge is -2.32. The van der Waals surface area contributed by atoms with E-state index in [-0.39, 0.29) is 29.6 Å². The molecular weight excluding hydrogens is 440 g/mol. The number of ether oxygens (including phenoxy) is 1. The largest absolute Gasteiger partial charge is 0.460 e. The molecule has 6 heteroatoms. The first-order chi connectivity index (χ1) is 16.2. The molecule has 0 aromatic heterocycles. The first kappa shape index (κ1) is 30.4. The van der Waals surface area contributed by atoms with Gasteiger partial charge in [0.15, 0.2) is 0 Å². The maximum atomic E-state index is 13.6. The monoisotopic (exact) mass is 486 g/mol. The molecule has 1 aromatic carbocycles. The Hall–Kier alpha value is -2.63. The van der Waals surface area contributed by atoms with E-state index in [9.17, 15) is 14.4 Å². The second kappa shape index (κ2) is 14.1. The zero-order valence-corrected chi connectivity index (χ0v) is 23.1. The van der Waals surface area contributed by atoms with Crippen LogP contribution in [-0.2, 0) is 19.1 Å². The number of hydrogen-bond donors (Lipinski definition) is 1. The van der Waals surface area contributed by atoms with Gasteiger partial charge < -0.3 is 4.74 Å². The number of esters is 1. The number of allylic oxidation sites excluding steroid dienone is 1. The van der Waals surface area contributed by atoms with E-state index in [1.165, 1.54) is 5.01 Å². The first-order valence-electron chi connectivity index (χ1n) is 12.8. The van der Waals surface area contributed by atoms with Gasteiger partial charge >= 0.3 is 5.97 Å². The van der Waals surface area contributed by atoms with Crippen molar-refractivity contribution in [2.24, 2.45) is 29.6 Å². The van der Waals surface area contributed by atoms with E-state index in [1.54, 1.807) is 0 Å². The topological polar surface area (TPSA) is 75.7 Å². The molecular formula is C29H46N2O4.